The van der Waals surface area contributed by atoms with Gasteiger partial charge in [-0.05, 0) is 107 Å². The molecule has 0 aliphatic rings. The van der Waals surface area contributed by atoms with Gasteiger partial charge in [-0.3, -0.25) is 0 Å². The lowest BCUT2D eigenvalue weighted by atomic mass is 9.85. The molecule has 2 heterocycles. The Labute approximate surface area is 299 Å². The molecule has 0 N–H and O–H groups in total. The second-order valence-electron chi connectivity index (χ2n) is 15.3. The fourth-order valence-electron chi connectivity index (χ4n) is 6.81. The maximum absolute atomic E-state index is 5.65. The van der Waals surface area contributed by atoms with E-state index in [4.69, 9.17) is 4.52 Å². The zero-order valence-electron chi connectivity index (χ0n) is 30.1. The molecule has 0 aliphatic carbocycles. The van der Waals surface area contributed by atoms with E-state index in [0.29, 0.717) is 11.7 Å². The fraction of sp³-hybridized carbons (Fsp3) is 0.174. The number of hydrogen-bond acceptors (Lipinski definition) is 4. The third-order valence-corrected chi connectivity index (χ3v) is 9.71. The van der Waals surface area contributed by atoms with E-state index >= 15 is 0 Å². The van der Waals surface area contributed by atoms with Crippen molar-refractivity contribution in [3.63, 3.8) is 0 Å². The lowest BCUT2D eigenvalue weighted by Crippen LogP contribution is -2.10. The number of fused-ring (bicyclic) bond motifs is 3. The molecule has 0 spiro atoms. The molecule has 5 heteroatoms. The van der Waals surface area contributed by atoms with Gasteiger partial charge >= 0.3 is 0 Å². The van der Waals surface area contributed by atoms with E-state index in [0.717, 1.165) is 33.9 Å². The summed E-state index contributed by atoms with van der Waals surface area (Å²) in [5.74, 6) is 1.07. The monoisotopic (exact) mass is 666 g/mol. The van der Waals surface area contributed by atoms with Crippen LogP contribution in [0, 0.1) is 0 Å². The third-order valence-electron chi connectivity index (χ3n) is 9.71. The van der Waals surface area contributed by atoms with Crippen molar-refractivity contribution in [2.24, 2.45) is 0 Å². The summed E-state index contributed by atoms with van der Waals surface area (Å²) in [5.41, 5.74) is 11.3. The van der Waals surface area contributed by atoms with Gasteiger partial charge in [0, 0.05) is 44.6 Å². The summed E-state index contributed by atoms with van der Waals surface area (Å²) in [7, 11) is 0. The van der Waals surface area contributed by atoms with E-state index in [9.17, 15) is 0 Å². The molecule has 0 atom stereocenters. The molecule has 6 aromatic carbocycles. The van der Waals surface area contributed by atoms with Crippen LogP contribution >= 0.6 is 0 Å². The molecule has 0 saturated carbocycles. The van der Waals surface area contributed by atoms with Crippen LogP contribution in [0.3, 0.4) is 0 Å². The minimum absolute atomic E-state index is 0.0570. The lowest BCUT2D eigenvalue weighted by Gasteiger charge is -2.26. The van der Waals surface area contributed by atoms with Gasteiger partial charge in [-0.2, -0.15) is 4.98 Å². The van der Waals surface area contributed by atoms with Gasteiger partial charge in [0.25, 0.3) is 5.89 Å². The van der Waals surface area contributed by atoms with E-state index < -0.39 is 0 Å². The summed E-state index contributed by atoms with van der Waals surface area (Å²) in [6.45, 7) is 13.7. The molecule has 2 aromatic heterocycles. The van der Waals surface area contributed by atoms with Crippen molar-refractivity contribution < 1.29 is 4.52 Å². The van der Waals surface area contributed by atoms with Crippen molar-refractivity contribution in [3.8, 4) is 28.5 Å². The molecular weight excluding hydrogens is 625 g/mol. The van der Waals surface area contributed by atoms with E-state index in [1.54, 1.807) is 0 Å². The Hall–Kier alpha value is -5.94. The highest BCUT2D eigenvalue weighted by atomic mass is 16.5. The number of hydrogen-bond donors (Lipinski definition) is 0. The summed E-state index contributed by atoms with van der Waals surface area (Å²) < 4.78 is 8.06. The molecule has 8 aromatic rings. The Morgan fingerprint density at radius 2 is 1.00 bits per heavy atom. The molecular formula is C46H42N4O. The summed E-state index contributed by atoms with van der Waals surface area (Å²) in [5, 5.41) is 6.79. The van der Waals surface area contributed by atoms with Crippen LogP contribution in [-0.2, 0) is 10.8 Å². The van der Waals surface area contributed by atoms with Crippen LogP contribution in [0.5, 0.6) is 0 Å². The van der Waals surface area contributed by atoms with Gasteiger partial charge < -0.3 is 14.0 Å². The highest BCUT2D eigenvalue weighted by molar-refractivity contribution is 6.10. The first-order valence-corrected chi connectivity index (χ1v) is 17.6. The summed E-state index contributed by atoms with van der Waals surface area (Å²) >= 11 is 0. The average Bonchev–Trinajstić information content (AvgIpc) is 3.76. The first-order chi connectivity index (χ1) is 24.5. The van der Waals surface area contributed by atoms with Crippen LogP contribution in [0.1, 0.15) is 52.7 Å². The third kappa shape index (κ3) is 6.10. The first kappa shape index (κ1) is 32.3. The number of aromatic nitrogens is 3. The molecule has 0 unspecified atom stereocenters. The summed E-state index contributed by atoms with van der Waals surface area (Å²) in [6.07, 6.45) is 0. The van der Waals surface area contributed by atoms with Gasteiger partial charge in [0.05, 0.1) is 11.0 Å². The van der Waals surface area contributed by atoms with E-state index in [-0.39, 0.29) is 10.8 Å². The topological polar surface area (TPSA) is 47.1 Å². The number of para-hydroxylation sites is 1. The Balaban J connectivity index is 1.19. The smallest absolute Gasteiger partial charge is 0.258 e. The Morgan fingerprint density at radius 1 is 0.510 bits per heavy atom. The zero-order chi connectivity index (χ0) is 35.3. The minimum atomic E-state index is 0.0570. The van der Waals surface area contributed by atoms with Gasteiger partial charge in [-0.25, -0.2) is 0 Å². The van der Waals surface area contributed by atoms with Crippen LogP contribution in [0.15, 0.2) is 150 Å². The predicted molar refractivity (Wildman–Crippen MR) is 212 cm³/mol. The Morgan fingerprint density at radius 3 is 1.53 bits per heavy atom. The minimum Gasteiger partial charge on any atom is -0.334 e. The van der Waals surface area contributed by atoms with Gasteiger partial charge in [0.2, 0.25) is 5.82 Å². The normalized spacial score (nSPS) is 12.1. The van der Waals surface area contributed by atoms with Crippen LogP contribution in [0.25, 0.3) is 50.3 Å². The summed E-state index contributed by atoms with van der Waals surface area (Å²) in [6, 6.07) is 51.5. The van der Waals surface area contributed by atoms with Gasteiger partial charge in [-0.1, -0.05) is 107 Å². The second-order valence-corrected chi connectivity index (χ2v) is 15.3. The van der Waals surface area contributed by atoms with Gasteiger partial charge in [-0.15, -0.1) is 0 Å². The number of nitrogens with zero attached hydrogens (tertiary/aromatic N) is 4. The quantitative estimate of drug-likeness (QED) is 0.177. The number of rotatable bonds is 6. The van der Waals surface area contributed by atoms with Crippen LogP contribution in [-0.4, -0.2) is 14.7 Å². The largest absolute Gasteiger partial charge is 0.334 e. The Kier molecular flexibility index (Phi) is 7.87. The van der Waals surface area contributed by atoms with Gasteiger partial charge in [0.15, 0.2) is 0 Å². The van der Waals surface area contributed by atoms with E-state index in [1.807, 2.05) is 48.5 Å². The van der Waals surface area contributed by atoms with Crippen molar-refractivity contribution in [2.75, 3.05) is 4.90 Å². The lowest BCUT2D eigenvalue weighted by molar-refractivity contribution is 0.432. The molecule has 0 radical (unpaired) electrons. The van der Waals surface area contributed by atoms with Crippen molar-refractivity contribution in [1.82, 2.24) is 14.7 Å². The molecule has 252 valence electrons. The number of benzene rings is 6. The maximum atomic E-state index is 5.65. The highest BCUT2D eigenvalue weighted by Gasteiger charge is 2.21. The highest BCUT2D eigenvalue weighted by Crippen LogP contribution is 2.40. The van der Waals surface area contributed by atoms with Crippen molar-refractivity contribution in [1.29, 1.82) is 0 Å². The van der Waals surface area contributed by atoms with E-state index in [1.165, 1.54) is 32.9 Å². The Bertz CT molecular complexity index is 2390. The average molecular weight is 667 g/mol. The molecule has 51 heavy (non-hydrogen) atoms. The molecule has 8 rings (SSSR count). The molecule has 0 saturated heterocycles. The van der Waals surface area contributed by atoms with E-state index in [2.05, 4.69) is 158 Å². The first-order valence-electron chi connectivity index (χ1n) is 17.6. The van der Waals surface area contributed by atoms with Crippen molar-refractivity contribution in [3.05, 3.63) is 157 Å². The molecule has 5 nitrogen and oxygen atoms in total. The fourth-order valence-corrected chi connectivity index (χ4v) is 6.81. The molecule has 0 amide bonds. The number of anilines is 3. The zero-order valence-corrected chi connectivity index (χ0v) is 30.1. The van der Waals surface area contributed by atoms with Crippen molar-refractivity contribution >= 4 is 38.9 Å². The van der Waals surface area contributed by atoms with Gasteiger partial charge in [0.1, 0.15) is 0 Å². The van der Waals surface area contributed by atoms with Crippen molar-refractivity contribution in [2.45, 2.75) is 52.4 Å². The molecule has 0 bridgehead atoms. The predicted octanol–water partition coefficient (Wildman–Crippen LogP) is 12.6. The van der Waals surface area contributed by atoms with Crippen LogP contribution in [0.4, 0.5) is 17.1 Å². The standard InChI is InChI=1S/C46H42N4O/c1-45(2,3)33-19-27-41-39(29-33)40-30-34(46(4,5)6)20-28-42(40)50(41)38-25-23-37(24-26-38)49(35-15-11-8-12-16-35)36-21-17-32(18-22-36)44-47-43(48-51-44)31-13-9-7-10-14-31/h7-30H,1-6H3. The van der Waals surface area contributed by atoms with Crippen LogP contribution in [0.2, 0.25) is 0 Å². The molecule has 0 aliphatic heterocycles. The second kappa shape index (κ2) is 12.4. The molecule has 0 fully saturated rings. The van der Waals surface area contributed by atoms with Crippen LogP contribution < -0.4 is 4.90 Å². The summed E-state index contributed by atoms with van der Waals surface area (Å²) in [4.78, 5) is 6.93. The maximum Gasteiger partial charge on any atom is 0.258 e. The SMILES string of the molecule is CC(C)(C)c1ccc2c(c1)c1cc(C(C)(C)C)ccc1n2-c1ccc(N(c2ccccc2)c2ccc(-c3nc(-c4ccccc4)no3)cc2)cc1.